The molecule has 0 saturated heterocycles. The highest BCUT2D eigenvalue weighted by Crippen LogP contribution is 2.14. The van der Waals surface area contributed by atoms with E-state index in [1.54, 1.807) is 6.92 Å². The maximum atomic E-state index is 5.63. The van der Waals surface area contributed by atoms with Gasteiger partial charge < -0.3 is 19.8 Å². The van der Waals surface area contributed by atoms with Crippen LogP contribution in [0.25, 0.3) is 0 Å². The van der Waals surface area contributed by atoms with Crippen molar-refractivity contribution in [2.24, 2.45) is 5.73 Å². The summed E-state index contributed by atoms with van der Waals surface area (Å²) < 4.78 is 10.8. The van der Waals surface area contributed by atoms with E-state index in [4.69, 9.17) is 14.9 Å². The lowest BCUT2D eigenvalue weighted by Gasteiger charge is -2.15. The molecule has 0 aliphatic carbocycles. The highest BCUT2D eigenvalue weighted by atomic mass is 16.5. The molecule has 2 N–H and O–H groups in total. The van der Waals surface area contributed by atoms with Crippen LogP contribution in [0.4, 0.5) is 6.01 Å². The smallest absolute Gasteiger partial charge is 0.318 e. The summed E-state index contributed by atoms with van der Waals surface area (Å²) in [5.74, 6) is 0.451. The fourth-order valence-electron chi connectivity index (χ4n) is 1.09. The summed E-state index contributed by atoms with van der Waals surface area (Å²) in [5.41, 5.74) is 5.63. The van der Waals surface area contributed by atoms with Crippen LogP contribution >= 0.6 is 0 Å². The molecule has 1 heterocycles. The first-order valence-electron chi connectivity index (χ1n) is 5.42. The van der Waals surface area contributed by atoms with Crippen LogP contribution < -0.4 is 10.6 Å². The van der Waals surface area contributed by atoms with Crippen LogP contribution in [-0.2, 0) is 4.74 Å². The normalized spacial score (nSPS) is 13.1. The summed E-state index contributed by atoms with van der Waals surface area (Å²) in [6, 6.07) is 0.237. The molecule has 6 heteroatoms. The van der Waals surface area contributed by atoms with Crippen molar-refractivity contribution in [3.63, 3.8) is 0 Å². The molecule has 92 valence electrons. The summed E-state index contributed by atoms with van der Waals surface area (Å²) in [5, 5.41) is 7.76. The van der Waals surface area contributed by atoms with Gasteiger partial charge in [-0.3, -0.25) is 0 Å². The van der Waals surface area contributed by atoms with Gasteiger partial charge in [0.05, 0.1) is 18.8 Å². The zero-order valence-corrected chi connectivity index (χ0v) is 10.3. The Morgan fingerprint density at radius 2 is 2.06 bits per heavy atom. The Hall–Kier alpha value is -1.14. The second-order valence-electron chi connectivity index (χ2n) is 4.05. The largest absolute Gasteiger partial charge is 0.406 e. The number of nitrogens with zero attached hydrogens (tertiary/aromatic N) is 3. The number of hydrogen-bond donors (Lipinski definition) is 1. The van der Waals surface area contributed by atoms with Gasteiger partial charge in [-0.2, -0.15) is 0 Å². The Balaban J connectivity index is 2.43. The topological polar surface area (TPSA) is 77.4 Å². The third-order valence-electron chi connectivity index (χ3n) is 2.02. The highest BCUT2D eigenvalue weighted by Gasteiger charge is 2.13. The first-order valence-corrected chi connectivity index (χ1v) is 5.42. The van der Waals surface area contributed by atoms with Gasteiger partial charge in [0.25, 0.3) is 0 Å². The van der Waals surface area contributed by atoms with Gasteiger partial charge in [0, 0.05) is 13.6 Å². The van der Waals surface area contributed by atoms with Crippen LogP contribution in [-0.4, -0.2) is 36.5 Å². The molecule has 0 fully saturated rings. The predicted molar refractivity (Wildman–Crippen MR) is 61.3 cm³/mol. The molecule has 0 aliphatic heterocycles. The lowest BCUT2D eigenvalue weighted by atomic mass is 10.4. The third kappa shape index (κ3) is 3.79. The van der Waals surface area contributed by atoms with Crippen molar-refractivity contribution in [1.29, 1.82) is 0 Å². The molecule has 0 aliphatic rings. The van der Waals surface area contributed by atoms with Crippen LogP contribution in [0, 0.1) is 0 Å². The Morgan fingerprint density at radius 1 is 1.38 bits per heavy atom. The lowest BCUT2D eigenvalue weighted by Crippen LogP contribution is -2.24. The average molecular weight is 228 g/mol. The summed E-state index contributed by atoms with van der Waals surface area (Å²) in [7, 11) is 1.88. The maximum absolute atomic E-state index is 5.63. The van der Waals surface area contributed by atoms with Gasteiger partial charge in [0.2, 0.25) is 5.89 Å². The number of nitrogens with two attached hydrogens (primary N) is 1. The van der Waals surface area contributed by atoms with Gasteiger partial charge in [-0.25, -0.2) is 0 Å². The second kappa shape index (κ2) is 5.81. The molecule has 0 bridgehead atoms. The van der Waals surface area contributed by atoms with Crippen LogP contribution in [0.5, 0.6) is 0 Å². The van der Waals surface area contributed by atoms with Crippen LogP contribution in [0.15, 0.2) is 4.42 Å². The molecular weight excluding hydrogens is 208 g/mol. The average Bonchev–Trinajstić information content (AvgIpc) is 2.65. The van der Waals surface area contributed by atoms with Gasteiger partial charge in [-0.05, 0) is 20.8 Å². The molecule has 1 atom stereocenters. The van der Waals surface area contributed by atoms with Crippen molar-refractivity contribution in [3.8, 4) is 0 Å². The van der Waals surface area contributed by atoms with E-state index in [-0.39, 0.29) is 12.1 Å². The van der Waals surface area contributed by atoms with E-state index in [2.05, 4.69) is 10.2 Å². The highest BCUT2D eigenvalue weighted by molar-refractivity contribution is 5.21. The molecule has 6 nitrogen and oxygen atoms in total. The first-order chi connectivity index (χ1) is 7.50. The van der Waals surface area contributed by atoms with Gasteiger partial charge in [-0.15, -0.1) is 5.10 Å². The zero-order valence-electron chi connectivity index (χ0n) is 10.3. The van der Waals surface area contributed by atoms with Crippen LogP contribution in [0.2, 0.25) is 0 Å². The molecule has 0 radical (unpaired) electrons. The molecule has 1 aromatic heterocycles. The number of likely N-dealkylation sites (N-methyl/N-ethyl adjacent to an activating group) is 1. The van der Waals surface area contributed by atoms with E-state index < -0.39 is 0 Å². The minimum absolute atomic E-state index is 0.232. The Kier molecular flexibility index (Phi) is 4.70. The Labute approximate surface area is 95.8 Å². The monoisotopic (exact) mass is 228 g/mol. The fourth-order valence-corrected chi connectivity index (χ4v) is 1.09. The van der Waals surface area contributed by atoms with E-state index in [1.165, 1.54) is 0 Å². The Morgan fingerprint density at radius 3 is 2.56 bits per heavy atom. The SMILES string of the molecule is CC(C)OCCN(C)c1nnc(C(C)N)o1. The fraction of sp³-hybridized carbons (Fsp3) is 0.800. The molecule has 1 rings (SSSR count). The van der Waals surface area contributed by atoms with E-state index in [0.29, 0.717) is 25.1 Å². The van der Waals surface area contributed by atoms with Crippen molar-refractivity contribution in [2.45, 2.75) is 32.9 Å². The van der Waals surface area contributed by atoms with Gasteiger partial charge in [0.1, 0.15) is 0 Å². The number of rotatable bonds is 6. The van der Waals surface area contributed by atoms with Crippen molar-refractivity contribution in [3.05, 3.63) is 5.89 Å². The minimum atomic E-state index is -0.235. The van der Waals surface area contributed by atoms with Gasteiger partial charge in [0.15, 0.2) is 0 Å². The Bertz CT molecular complexity index is 312. The van der Waals surface area contributed by atoms with Gasteiger partial charge >= 0.3 is 6.01 Å². The maximum Gasteiger partial charge on any atom is 0.318 e. The van der Waals surface area contributed by atoms with E-state index in [1.807, 2.05) is 25.8 Å². The van der Waals surface area contributed by atoms with Crippen molar-refractivity contribution in [2.75, 3.05) is 25.1 Å². The first kappa shape index (κ1) is 12.9. The predicted octanol–water partition coefficient (Wildman–Crippen LogP) is 0.951. The minimum Gasteiger partial charge on any atom is -0.406 e. The molecule has 1 unspecified atom stereocenters. The number of aromatic nitrogens is 2. The van der Waals surface area contributed by atoms with Crippen LogP contribution in [0.3, 0.4) is 0 Å². The number of anilines is 1. The molecule has 0 saturated carbocycles. The number of ether oxygens (including phenoxy) is 1. The van der Waals surface area contributed by atoms with Gasteiger partial charge in [-0.1, -0.05) is 5.10 Å². The molecule has 0 aromatic carbocycles. The summed E-state index contributed by atoms with van der Waals surface area (Å²) >= 11 is 0. The zero-order chi connectivity index (χ0) is 12.1. The summed E-state index contributed by atoms with van der Waals surface area (Å²) in [6.45, 7) is 7.14. The quantitative estimate of drug-likeness (QED) is 0.781. The summed E-state index contributed by atoms with van der Waals surface area (Å²) in [4.78, 5) is 1.85. The van der Waals surface area contributed by atoms with Crippen molar-refractivity contribution >= 4 is 6.01 Å². The molecular formula is C10H20N4O2. The molecule has 1 aromatic rings. The number of hydrogen-bond acceptors (Lipinski definition) is 6. The van der Waals surface area contributed by atoms with E-state index in [9.17, 15) is 0 Å². The van der Waals surface area contributed by atoms with Crippen molar-refractivity contribution in [1.82, 2.24) is 10.2 Å². The van der Waals surface area contributed by atoms with E-state index in [0.717, 1.165) is 0 Å². The van der Waals surface area contributed by atoms with Crippen molar-refractivity contribution < 1.29 is 9.15 Å². The lowest BCUT2D eigenvalue weighted by molar-refractivity contribution is 0.0841. The van der Waals surface area contributed by atoms with Crippen LogP contribution in [0.1, 0.15) is 32.7 Å². The second-order valence-corrected chi connectivity index (χ2v) is 4.05. The molecule has 16 heavy (non-hydrogen) atoms. The molecule has 0 amide bonds. The van der Waals surface area contributed by atoms with E-state index >= 15 is 0 Å². The standard InChI is InChI=1S/C10H20N4O2/c1-7(2)15-6-5-14(4)10-13-12-9(16-10)8(3)11/h7-8H,5-6,11H2,1-4H3. The summed E-state index contributed by atoms with van der Waals surface area (Å²) in [6.07, 6.45) is 0.232. The molecule has 0 spiro atoms. The third-order valence-corrected chi connectivity index (χ3v) is 2.02.